The largest absolute Gasteiger partial charge is 0.336 e. The van der Waals surface area contributed by atoms with E-state index in [-0.39, 0.29) is 0 Å². The van der Waals surface area contributed by atoms with Crippen molar-refractivity contribution in [1.29, 1.82) is 0 Å². The van der Waals surface area contributed by atoms with Crippen molar-refractivity contribution >= 4 is 17.0 Å². The fourth-order valence-corrected chi connectivity index (χ4v) is 5.25. The zero-order chi connectivity index (χ0) is 24.8. The number of aryl methyl sites for hydroxylation is 4. The summed E-state index contributed by atoms with van der Waals surface area (Å²) in [7, 11) is 2.02. The van der Waals surface area contributed by atoms with Crippen molar-refractivity contribution in [1.82, 2.24) is 34.3 Å². The zero-order valence-electron chi connectivity index (χ0n) is 21.2. The summed E-state index contributed by atoms with van der Waals surface area (Å²) in [5.74, 6) is 0.751. The van der Waals surface area contributed by atoms with Gasteiger partial charge in [-0.1, -0.05) is 32.0 Å². The van der Waals surface area contributed by atoms with Gasteiger partial charge in [-0.2, -0.15) is 5.10 Å². The number of anilines is 1. The van der Waals surface area contributed by atoms with E-state index in [1.54, 1.807) is 6.33 Å². The highest BCUT2D eigenvalue weighted by molar-refractivity contribution is 5.91. The van der Waals surface area contributed by atoms with Gasteiger partial charge in [-0.15, -0.1) is 0 Å². The molecular weight excluding hydrogens is 448 g/mol. The van der Waals surface area contributed by atoms with Crippen LogP contribution in [0.2, 0.25) is 0 Å². The zero-order valence-corrected chi connectivity index (χ0v) is 21.2. The Balaban J connectivity index is 1.61. The van der Waals surface area contributed by atoms with Crippen molar-refractivity contribution in [3.63, 3.8) is 0 Å². The Morgan fingerprint density at radius 2 is 1.69 bits per heavy atom. The van der Waals surface area contributed by atoms with Gasteiger partial charge in [-0.3, -0.25) is 0 Å². The van der Waals surface area contributed by atoms with Gasteiger partial charge in [0, 0.05) is 56.1 Å². The van der Waals surface area contributed by atoms with Gasteiger partial charge >= 0.3 is 0 Å². The van der Waals surface area contributed by atoms with Crippen molar-refractivity contribution in [2.24, 2.45) is 7.05 Å². The minimum Gasteiger partial charge on any atom is -0.336 e. The molecule has 0 bridgehead atoms. The van der Waals surface area contributed by atoms with Crippen molar-refractivity contribution in [3.8, 4) is 17.1 Å². The molecular formula is C28H30N8. The second-order valence-corrected chi connectivity index (χ2v) is 9.44. The first kappa shape index (κ1) is 22.4. The van der Waals surface area contributed by atoms with E-state index in [0.717, 1.165) is 65.4 Å². The van der Waals surface area contributed by atoms with Crippen LogP contribution in [0.4, 0.5) is 5.95 Å². The molecule has 0 saturated carbocycles. The lowest BCUT2D eigenvalue weighted by Gasteiger charge is -2.27. The van der Waals surface area contributed by atoms with Gasteiger partial charge in [0.25, 0.3) is 0 Å². The minimum absolute atomic E-state index is 0.682. The van der Waals surface area contributed by atoms with Crippen molar-refractivity contribution in [2.75, 3.05) is 11.4 Å². The predicted octanol–water partition coefficient (Wildman–Crippen LogP) is 4.61. The van der Waals surface area contributed by atoms with Gasteiger partial charge in [0.05, 0.1) is 17.1 Å². The number of hydrogen-bond donors (Lipinski definition) is 0. The molecule has 8 nitrogen and oxygen atoms in total. The third-order valence-electron chi connectivity index (χ3n) is 7.15. The summed E-state index contributed by atoms with van der Waals surface area (Å²) in [6, 6.07) is 8.68. The third kappa shape index (κ3) is 3.56. The second kappa shape index (κ2) is 8.86. The SMILES string of the molecule is CCc1cccc(CC)c1-n1nc2c(c1-c1ncnc3c1ccn3C)CN(c1ncc(C)cn1)CC2. The molecule has 8 heteroatoms. The van der Waals surface area contributed by atoms with E-state index in [1.807, 2.05) is 37.1 Å². The van der Waals surface area contributed by atoms with E-state index in [9.17, 15) is 0 Å². The van der Waals surface area contributed by atoms with Crippen LogP contribution in [0.3, 0.4) is 0 Å². The molecule has 0 unspecified atom stereocenters. The van der Waals surface area contributed by atoms with Crippen LogP contribution in [0.5, 0.6) is 0 Å². The molecule has 0 atom stereocenters. The molecule has 6 rings (SSSR count). The van der Waals surface area contributed by atoms with Crippen molar-refractivity contribution in [3.05, 3.63) is 77.1 Å². The normalized spacial score (nSPS) is 13.4. The Labute approximate surface area is 210 Å². The number of fused-ring (bicyclic) bond motifs is 2. The molecule has 0 saturated heterocycles. The lowest BCUT2D eigenvalue weighted by atomic mass is 10.0. The van der Waals surface area contributed by atoms with E-state index < -0.39 is 0 Å². The standard InChI is InChI=1S/C28H30N8/c1-5-19-8-7-9-20(6-2)25(19)36-26(24-21-10-12-34(4)27(21)32-17-31-24)22-16-35(13-11-23(22)33-36)28-29-14-18(3)15-30-28/h7-10,12,14-15,17H,5-6,11,13,16H2,1-4H3. The molecule has 36 heavy (non-hydrogen) atoms. The molecule has 0 radical (unpaired) electrons. The van der Waals surface area contributed by atoms with Crippen LogP contribution in [0, 0.1) is 6.92 Å². The second-order valence-electron chi connectivity index (χ2n) is 9.44. The molecule has 0 amide bonds. The van der Waals surface area contributed by atoms with Crippen LogP contribution >= 0.6 is 0 Å². The van der Waals surface area contributed by atoms with Gasteiger partial charge in [0.15, 0.2) is 0 Å². The van der Waals surface area contributed by atoms with E-state index in [1.165, 1.54) is 22.4 Å². The summed E-state index contributed by atoms with van der Waals surface area (Å²) >= 11 is 0. The maximum Gasteiger partial charge on any atom is 0.225 e. The fourth-order valence-electron chi connectivity index (χ4n) is 5.25. The summed E-state index contributed by atoms with van der Waals surface area (Å²) in [6.07, 6.45) is 10.2. The Bertz CT molecular complexity index is 1540. The molecule has 1 aliphatic rings. The summed E-state index contributed by atoms with van der Waals surface area (Å²) in [5.41, 5.74) is 9.96. The van der Waals surface area contributed by atoms with Crippen LogP contribution in [-0.2, 0) is 32.9 Å². The molecule has 0 aliphatic carbocycles. The first-order valence-corrected chi connectivity index (χ1v) is 12.6. The first-order valence-electron chi connectivity index (χ1n) is 12.6. The first-order chi connectivity index (χ1) is 17.6. The number of aromatic nitrogens is 7. The molecule has 4 aromatic heterocycles. The van der Waals surface area contributed by atoms with Crippen LogP contribution < -0.4 is 4.90 Å². The molecule has 0 fully saturated rings. The number of hydrogen-bond acceptors (Lipinski definition) is 6. The quantitative estimate of drug-likeness (QED) is 0.367. The highest BCUT2D eigenvalue weighted by Crippen LogP contribution is 2.37. The monoisotopic (exact) mass is 478 g/mol. The van der Waals surface area contributed by atoms with Gasteiger partial charge in [0.2, 0.25) is 5.95 Å². The van der Waals surface area contributed by atoms with Crippen LogP contribution in [0.25, 0.3) is 28.1 Å². The third-order valence-corrected chi connectivity index (χ3v) is 7.15. The van der Waals surface area contributed by atoms with Gasteiger partial charge in [-0.05, 0) is 42.5 Å². The van der Waals surface area contributed by atoms with E-state index in [2.05, 4.69) is 62.6 Å². The van der Waals surface area contributed by atoms with Gasteiger partial charge in [-0.25, -0.2) is 24.6 Å². The number of rotatable bonds is 5. The Morgan fingerprint density at radius 1 is 0.944 bits per heavy atom. The molecule has 5 heterocycles. The van der Waals surface area contributed by atoms with Crippen LogP contribution in [0.15, 0.2) is 49.2 Å². The Kier molecular flexibility index (Phi) is 5.51. The van der Waals surface area contributed by atoms with Crippen LogP contribution in [0.1, 0.15) is 41.8 Å². The Hall–Kier alpha value is -4.07. The van der Waals surface area contributed by atoms with Crippen molar-refractivity contribution < 1.29 is 0 Å². The van der Waals surface area contributed by atoms with E-state index in [4.69, 9.17) is 10.1 Å². The average Bonchev–Trinajstić information content (AvgIpc) is 3.48. The predicted molar refractivity (Wildman–Crippen MR) is 141 cm³/mol. The molecule has 0 spiro atoms. The fraction of sp³-hybridized carbons (Fsp3) is 0.321. The summed E-state index contributed by atoms with van der Waals surface area (Å²) in [4.78, 5) is 20.9. The molecule has 1 aliphatic heterocycles. The highest BCUT2D eigenvalue weighted by atomic mass is 15.3. The van der Waals surface area contributed by atoms with Gasteiger partial charge < -0.3 is 9.47 Å². The lowest BCUT2D eigenvalue weighted by Crippen LogP contribution is -2.31. The maximum absolute atomic E-state index is 5.25. The summed E-state index contributed by atoms with van der Waals surface area (Å²) in [5, 5.41) is 6.28. The molecule has 5 aromatic rings. The van der Waals surface area contributed by atoms with E-state index in [0.29, 0.717) is 6.54 Å². The van der Waals surface area contributed by atoms with E-state index >= 15 is 0 Å². The Morgan fingerprint density at radius 3 is 2.42 bits per heavy atom. The lowest BCUT2D eigenvalue weighted by molar-refractivity contribution is 0.694. The molecule has 1 aromatic carbocycles. The number of para-hydroxylation sites is 1. The smallest absolute Gasteiger partial charge is 0.225 e. The van der Waals surface area contributed by atoms with Crippen LogP contribution in [-0.4, -0.2) is 40.8 Å². The maximum atomic E-state index is 5.25. The summed E-state index contributed by atoms with van der Waals surface area (Å²) < 4.78 is 4.20. The highest BCUT2D eigenvalue weighted by Gasteiger charge is 2.30. The summed E-state index contributed by atoms with van der Waals surface area (Å²) in [6.45, 7) is 7.93. The number of benzene rings is 1. The van der Waals surface area contributed by atoms with Crippen molar-refractivity contribution in [2.45, 2.75) is 46.6 Å². The minimum atomic E-state index is 0.682. The average molecular weight is 479 g/mol. The van der Waals surface area contributed by atoms with Gasteiger partial charge in [0.1, 0.15) is 17.7 Å². The molecule has 0 N–H and O–H groups in total. The number of nitrogens with zero attached hydrogens (tertiary/aromatic N) is 8. The molecule has 182 valence electrons. The topological polar surface area (TPSA) is 77.5 Å².